The van der Waals surface area contributed by atoms with Crippen LogP contribution in [-0.2, 0) is 6.42 Å². The summed E-state index contributed by atoms with van der Waals surface area (Å²) in [7, 11) is 1.71. The summed E-state index contributed by atoms with van der Waals surface area (Å²) in [6.07, 6.45) is 3.71. The van der Waals surface area contributed by atoms with Crippen molar-refractivity contribution in [2.45, 2.75) is 47.0 Å². The molecular weight excluding hydrogens is 184 g/mol. The number of hydrogen-bond donors (Lipinski definition) is 0. The van der Waals surface area contributed by atoms with Crippen LogP contribution in [-0.4, -0.2) is 7.11 Å². The third-order valence-corrected chi connectivity index (χ3v) is 2.35. The molecule has 0 aromatic heterocycles. The van der Waals surface area contributed by atoms with Gasteiger partial charge in [0, 0.05) is 0 Å². The van der Waals surface area contributed by atoms with Crippen LogP contribution in [0.5, 0.6) is 5.75 Å². The SMILES string of the molecule is CC.CCCCc1ccc(OC)cc1C. The highest BCUT2D eigenvalue weighted by Gasteiger charge is 1.99. The first-order valence-corrected chi connectivity index (χ1v) is 5.91. The second-order valence-electron chi connectivity index (χ2n) is 3.40. The summed E-state index contributed by atoms with van der Waals surface area (Å²) in [5.41, 5.74) is 2.79. The highest BCUT2D eigenvalue weighted by molar-refractivity contribution is 5.34. The van der Waals surface area contributed by atoms with E-state index in [0.717, 1.165) is 5.75 Å². The number of ether oxygens (including phenoxy) is 1. The number of unbranched alkanes of at least 4 members (excludes halogenated alkanes) is 1. The van der Waals surface area contributed by atoms with Crippen LogP contribution in [0.1, 0.15) is 44.7 Å². The first-order valence-electron chi connectivity index (χ1n) is 5.91. The Bertz CT molecular complexity index is 266. The van der Waals surface area contributed by atoms with Gasteiger partial charge >= 0.3 is 0 Å². The average Bonchev–Trinajstić information content (AvgIpc) is 2.30. The van der Waals surface area contributed by atoms with E-state index in [1.165, 1.54) is 30.4 Å². The molecule has 0 aliphatic heterocycles. The van der Waals surface area contributed by atoms with Gasteiger partial charge in [-0.25, -0.2) is 0 Å². The standard InChI is InChI=1S/C12H18O.C2H6/c1-4-5-6-11-7-8-12(13-3)9-10(11)2;1-2/h7-9H,4-6H2,1-3H3;1-2H3. The van der Waals surface area contributed by atoms with E-state index in [4.69, 9.17) is 4.74 Å². The van der Waals surface area contributed by atoms with E-state index in [1.54, 1.807) is 7.11 Å². The van der Waals surface area contributed by atoms with Gasteiger partial charge in [-0.3, -0.25) is 0 Å². The molecule has 0 atom stereocenters. The molecule has 1 aromatic rings. The molecule has 0 aliphatic carbocycles. The van der Waals surface area contributed by atoms with E-state index >= 15 is 0 Å². The Balaban J connectivity index is 0.000000921. The van der Waals surface area contributed by atoms with Gasteiger partial charge in [0.2, 0.25) is 0 Å². The predicted molar refractivity (Wildman–Crippen MR) is 67.7 cm³/mol. The summed E-state index contributed by atoms with van der Waals surface area (Å²) in [5.74, 6) is 0.956. The zero-order valence-electron chi connectivity index (χ0n) is 10.8. The minimum atomic E-state index is 0.956. The van der Waals surface area contributed by atoms with Crippen LogP contribution in [0.25, 0.3) is 0 Å². The van der Waals surface area contributed by atoms with Crippen molar-refractivity contribution in [1.82, 2.24) is 0 Å². The van der Waals surface area contributed by atoms with Crippen molar-refractivity contribution in [2.75, 3.05) is 7.11 Å². The zero-order valence-corrected chi connectivity index (χ0v) is 10.8. The maximum Gasteiger partial charge on any atom is 0.119 e. The van der Waals surface area contributed by atoms with Gasteiger partial charge in [-0.05, 0) is 43.0 Å². The first kappa shape index (κ1) is 14.0. The number of methoxy groups -OCH3 is 1. The quantitative estimate of drug-likeness (QED) is 0.714. The Morgan fingerprint density at radius 3 is 2.33 bits per heavy atom. The van der Waals surface area contributed by atoms with Gasteiger partial charge in [-0.1, -0.05) is 33.3 Å². The lowest BCUT2D eigenvalue weighted by atomic mass is 10.0. The Labute approximate surface area is 94.5 Å². The molecule has 0 radical (unpaired) electrons. The topological polar surface area (TPSA) is 9.23 Å². The van der Waals surface area contributed by atoms with Gasteiger partial charge < -0.3 is 4.74 Å². The molecule has 0 spiro atoms. The number of benzene rings is 1. The van der Waals surface area contributed by atoms with Gasteiger partial charge in [0.15, 0.2) is 0 Å². The van der Waals surface area contributed by atoms with Gasteiger partial charge in [-0.15, -0.1) is 0 Å². The number of aryl methyl sites for hydroxylation is 2. The van der Waals surface area contributed by atoms with Crippen molar-refractivity contribution in [3.05, 3.63) is 29.3 Å². The van der Waals surface area contributed by atoms with Crippen molar-refractivity contribution in [3.63, 3.8) is 0 Å². The van der Waals surface area contributed by atoms with Crippen LogP contribution in [0.2, 0.25) is 0 Å². The zero-order chi connectivity index (χ0) is 11.7. The van der Waals surface area contributed by atoms with Gasteiger partial charge in [0.1, 0.15) is 5.75 Å². The molecule has 0 N–H and O–H groups in total. The lowest BCUT2D eigenvalue weighted by Crippen LogP contribution is -1.91. The molecule has 1 heteroatoms. The molecule has 0 fully saturated rings. The number of hydrogen-bond acceptors (Lipinski definition) is 1. The smallest absolute Gasteiger partial charge is 0.119 e. The van der Waals surface area contributed by atoms with Crippen LogP contribution >= 0.6 is 0 Å². The van der Waals surface area contributed by atoms with Crippen molar-refractivity contribution in [2.24, 2.45) is 0 Å². The van der Waals surface area contributed by atoms with E-state index in [-0.39, 0.29) is 0 Å². The predicted octanol–water partition coefficient (Wildman–Crippen LogP) is 4.37. The van der Waals surface area contributed by atoms with Crippen molar-refractivity contribution >= 4 is 0 Å². The fraction of sp³-hybridized carbons (Fsp3) is 0.571. The first-order chi connectivity index (χ1) is 7.27. The van der Waals surface area contributed by atoms with Crippen LogP contribution in [0, 0.1) is 6.92 Å². The van der Waals surface area contributed by atoms with Gasteiger partial charge in [0.25, 0.3) is 0 Å². The summed E-state index contributed by atoms with van der Waals surface area (Å²) < 4.78 is 5.15. The summed E-state index contributed by atoms with van der Waals surface area (Å²) in [6, 6.07) is 6.31. The Morgan fingerprint density at radius 1 is 1.20 bits per heavy atom. The molecule has 1 rings (SSSR count). The number of rotatable bonds is 4. The molecule has 0 aliphatic rings. The molecule has 0 unspecified atom stereocenters. The molecule has 0 heterocycles. The van der Waals surface area contributed by atoms with E-state index in [0.29, 0.717) is 0 Å². The Morgan fingerprint density at radius 2 is 1.87 bits per heavy atom. The van der Waals surface area contributed by atoms with Crippen molar-refractivity contribution in [1.29, 1.82) is 0 Å². The lowest BCUT2D eigenvalue weighted by molar-refractivity contribution is 0.414. The molecular formula is C14H24O. The second-order valence-corrected chi connectivity index (χ2v) is 3.40. The fourth-order valence-electron chi connectivity index (χ4n) is 1.44. The molecule has 86 valence electrons. The maximum atomic E-state index is 5.15. The minimum Gasteiger partial charge on any atom is -0.497 e. The summed E-state index contributed by atoms with van der Waals surface area (Å²) >= 11 is 0. The van der Waals surface area contributed by atoms with Crippen LogP contribution in [0.3, 0.4) is 0 Å². The Hall–Kier alpha value is -0.980. The second kappa shape index (κ2) is 8.34. The van der Waals surface area contributed by atoms with Gasteiger partial charge in [0.05, 0.1) is 7.11 Å². The lowest BCUT2D eigenvalue weighted by Gasteiger charge is -2.06. The van der Waals surface area contributed by atoms with Crippen LogP contribution in [0.4, 0.5) is 0 Å². The van der Waals surface area contributed by atoms with Crippen LogP contribution in [0.15, 0.2) is 18.2 Å². The molecule has 15 heavy (non-hydrogen) atoms. The largest absolute Gasteiger partial charge is 0.497 e. The summed E-state index contributed by atoms with van der Waals surface area (Å²) in [5, 5.41) is 0. The molecule has 0 saturated carbocycles. The molecule has 1 aromatic carbocycles. The van der Waals surface area contributed by atoms with E-state index in [2.05, 4.69) is 26.0 Å². The molecule has 0 amide bonds. The third-order valence-electron chi connectivity index (χ3n) is 2.35. The molecule has 0 bridgehead atoms. The van der Waals surface area contributed by atoms with E-state index < -0.39 is 0 Å². The van der Waals surface area contributed by atoms with E-state index in [9.17, 15) is 0 Å². The van der Waals surface area contributed by atoms with E-state index in [1.807, 2.05) is 19.9 Å². The highest BCUT2D eigenvalue weighted by Crippen LogP contribution is 2.18. The Kier molecular flexibility index (Phi) is 7.79. The molecule has 0 saturated heterocycles. The third kappa shape index (κ3) is 4.87. The maximum absolute atomic E-state index is 5.15. The minimum absolute atomic E-state index is 0.956. The van der Waals surface area contributed by atoms with Crippen LogP contribution < -0.4 is 4.74 Å². The van der Waals surface area contributed by atoms with Gasteiger partial charge in [-0.2, -0.15) is 0 Å². The van der Waals surface area contributed by atoms with Crippen molar-refractivity contribution < 1.29 is 4.74 Å². The average molecular weight is 208 g/mol. The van der Waals surface area contributed by atoms with Crippen molar-refractivity contribution in [3.8, 4) is 5.75 Å². The normalized spacial score (nSPS) is 9.13. The summed E-state index contributed by atoms with van der Waals surface area (Å²) in [4.78, 5) is 0. The monoisotopic (exact) mass is 208 g/mol. The highest BCUT2D eigenvalue weighted by atomic mass is 16.5. The fourth-order valence-corrected chi connectivity index (χ4v) is 1.44. The summed E-state index contributed by atoms with van der Waals surface area (Å²) in [6.45, 7) is 8.37. The molecule has 1 nitrogen and oxygen atoms in total.